The SMILES string of the molecule is CCCCCCCN1C[C@H](C)[C@@H](O)[C@@H](O)[C@H]1C. The maximum absolute atomic E-state index is 9.94. The van der Waals surface area contributed by atoms with Crippen molar-refractivity contribution in [2.75, 3.05) is 13.1 Å². The van der Waals surface area contributed by atoms with E-state index in [-0.39, 0.29) is 12.0 Å². The van der Waals surface area contributed by atoms with Crippen LogP contribution in [0.1, 0.15) is 52.9 Å². The van der Waals surface area contributed by atoms with Crippen LogP contribution < -0.4 is 0 Å². The van der Waals surface area contributed by atoms with Gasteiger partial charge in [-0.25, -0.2) is 0 Å². The normalized spacial score (nSPS) is 35.1. The van der Waals surface area contributed by atoms with Gasteiger partial charge >= 0.3 is 0 Å². The molecule has 1 saturated heterocycles. The van der Waals surface area contributed by atoms with Crippen LogP contribution in [0.15, 0.2) is 0 Å². The summed E-state index contributed by atoms with van der Waals surface area (Å²) in [5.41, 5.74) is 0. The summed E-state index contributed by atoms with van der Waals surface area (Å²) in [5, 5.41) is 19.7. The van der Waals surface area contributed by atoms with Crippen molar-refractivity contribution in [3.63, 3.8) is 0 Å². The summed E-state index contributed by atoms with van der Waals surface area (Å²) in [5.74, 6) is 0.178. The van der Waals surface area contributed by atoms with Crippen molar-refractivity contribution in [3.8, 4) is 0 Å². The Balaban J connectivity index is 2.28. The molecule has 0 aromatic rings. The van der Waals surface area contributed by atoms with Gasteiger partial charge in [-0.2, -0.15) is 0 Å². The summed E-state index contributed by atoms with van der Waals surface area (Å²) in [6.07, 6.45) is 5.27. The van der Waals surface area contributed by atoms with Gasteiger partial charge in [0.2, 0.25) is 0 Å². The highest BCUT2D eigenvalue weighted by Crippen LogP contribution is 2.23. The molecule has 0 amide bonds. The minimum absolute atomic E-state index is 0.0902. The summed E-state index contributed by atoms with van der Waals surface area (Å²) in [6.45, 7) is 8.23. The van der Waals surface area contributed by atoms with Crippen LogP contribution >= 0.6 is 0 Å². The molecular formula is C14H29NO2. The monoisotopic (exact) mass is 243 g/mol. The van der Waals surface area contributed by atoms with E-state index in [1.165, 1.54) is 32.1 Å². The number of aliphatic hydroxyl groups excluding tert-OH is 2. The standard InChI is InChI=1S/C14H29NO2/c1-4-5-6-7-8-9-15-10-11(2)13(16)14(17)12(15)3/h11-14,16-17H,4-10H2,1-3H3/t11-,12+,13+,14-/m0/s1. The van der Waals surface area contributed by atoms with Crippen LogP contribution in [-0.4, -0.2) is 46.5 Å². The molecule has 17 heavy (non-hydrogen) atoms. The Bertz CT molecular complexity index is 210. The molecule has 102 valence electrons. The molecular weight excluding hydrogens is 214 g/mol. The van der Waals surface area contributed by atoms with E-state index in [2.05, 4.69) is 11.8 Å². The zero-order valence-electron chi connectivity index (χ0n) is 11.6. The summed E-state index contributed by atoms with van der Waals surface area (Å²) in [7, 11) is 0. The van der Waals surface area contributed by atoms with E-state index in [0.717, 1.165) is 13.1 Å². The fourth-order valence-corrected chi connectivity index (χ4v) is 2.70. The maximum Gasteiger partial charge on any atom is 0.0954 e. The molecule has 2 N–H and O–H groups in total. The van der Waals surface area contributed by atoms with Gasteiger partial charge in [-0.15, -0.1) is 0 Å². The highest BCUT2D eigenvalue weighted by Gasteiger charge is 2.36. The fraction of sp³-hybridized carbons (Fsp3) is 1.00. The molecule has 1 aliphatic rings. The molecule has 0 aromatic carbocycles. The third kappa shape index (κ3) is 4.23. The number of hydrogen-bond donors (Lipinski definition) is 2. The highest BCUT2D eigenvalue weighted by molar-refractivity contribution is 4.90. The molecule has 0 bridgehead atoms. The first-order valence-corrected chi connectivity index (χ1v) is 7.18. The maximum atomic E-state index is 9.94. The third-order valence-electron chi connectivity index (χ3n) is 4.07. The second-order valence-corrected chi connectivity index (χ2v) is 5.61. The highest BCUT2D eigenvalue weighted by atomic mass is 16.3. The predicted molar refractivity (Wildman–Crippen MR) is 71.0 cm³/mol. The molecule has 0 unspecified atom stereocenters. The number of likely N-dealkylation sites (tertiary alicyclic amines) is 1. The summed E-state index contributed by atoms with van der Waals surface area (Å²) in [4.78, 5) is 2.33. The molecule has 0 aliphatic carbocycles. The Hall–Kier alpha value is -0.120. The molecule has 1 rings (SSSR count). The van der Waals surface area contributed by atoms with Crippen LogP contribution in [0.4, 0.5) is 0 Å². The van der Waals surface area contributed by atoms with Gasteiger partial charge in [0.15, 0.2) is 0 Å². The van der Waals surface area contributed by atoms with Crippen LogP contribution in [0.25, 0.3) is 0 Å². The van der Waals surface area contributed by atoms with E-state index in [1.54, 1.807) is 0 Å². The van der Waals surface area contributed by atoms with E-state index in [0.29, 0.717) is 0 Å². The molecule has 0 radical (unpaired) electrons. The van der Waals surface area contributed by atoms with Crippen LogP contribution in [0.5, 0.6) is 0 Å². The molecule has 4 atom stereocenters. The van der Waals surface area contributed by atoms with Gasteiger partial charge in [0.05, 0.1) is 12.2 Å². The van der Waals surface area contributed by atoms with Crippen molar-refractivity contribution in [1.82, 2.24) is 4.90 Å². The first-order valence-electron chi connectivity index (χ1n) is 7.18. The Morgan fingerprint density at radius 2 is 1.65 bits per heavy atom. The van der Waals surface area contributed by atoms with E-state index in [9.17, 15) is 10.2 Å². The largest absolute Gasteiger partial charge is 0.390 e. The zero-order chi connectivity index (χ0) is 12.8. The van der Waals surface area contributed by atoms with Gasteiger partial charge in [-0.05, 0) is 25.8 Å². The lowest BCUT2D eigenvalue weighted by Gasteiger charge is -2.43. The van der Waals surface area contributed by atoms with Crippen molar-refractivity contribution in [1.29, 1.82) is 0 Å². The molecule has 0 saturated carbocycles. The van der Waals surface area contributed by atoms with E-state index < -0.39 is 12.2 Å². The lowest BCUT2D eigenvalue weighted by molar-refractivity contribution is -0.0981. The molecule has 1 heterocycles. The topological polar surface area (TPSA) is 43.7 Å². The molecule has 3 nitrogen and oxygen atoms in total. The fourth-order valence-electron chi connectivity index (χ4n) is 2.70. The smallest absolute Gasteiger partial charge is 0.0954 e. The number of piperidine rings is 1. The number of hydrogen-bond acceptors (Lipinski definition) is 3. The zero-order valence-corrected chi connectivity index (χ0v) is 11.6. The molecule has 0 aromatic heterocycles. The van der Waals surface area contributed by atoms with Crippen LogP contribution in [0.2, 0.25) is 0 Å². The number of unbranched alkanes of at least 4 members (excludes halogenated alkanes) is 4. The third-order valence-corrected chi connectivity index (χ3v) is 4.07. The van der Waals surface area contributed by atoms with Gasteiger partial charge < -0.3 is 10.2 Å². The molecule has 1 fully saturated rings. The average molecular weight is 243 g/mol. The van der Waals surface area contributed by atoms with Crippen LogP contribution in [0.3, 0.4) is 0 Å². The van der Waals surface area contributed by atoms with Gasteiger partial charge in [0.25, 0.3) is 0 Å². The summed E-state index contributed by atoms with van der Waals surface area (Å²) < 4.78 is 0. The molecule has 1 aliphatic heterocycles. The quantitative estimate of drug-likeness (QED) is 0.701. The van der Waals surface area contributed by atoms with Crippen molar-refractivity contribution < 1.29 is 10.2 Å². The average Bonchev–Trinajstić information content (AvgIpc) is 2.32. The van der Waals surface area contributed by atoms with E-state index in [4.69, 9.17) is 0 Å². The Morgan fingerprint density at radius 3 is 2.29 bits per heavy atom. The predicted octanol–water partition coefficient (Wildman–Crippen LogP) is 2.02. The minimum atomic E-state index is -0.589. The van der Waals surface area contributed by atoms with Gasteiger partial charge in [0.1, 0.15) is 0 Å². The van der Waals surface area contributed by atoms with Crippen LogP contribution in [-0.2, 0) is 0 Å². The lowest BCUT2D eigenvalue weighted by Crippen LogP contribution is -2.57. The van der Waals surface area contributed by atoms with Crippen molar-refractivity contribution >= 4 is 0 Å². The molecule has 3 heteroatoms. The Morgan fingerprint density at radius 1 is 1.00 bits per heavy atom. The Kier molecular flexibility index (Phi) is 6.45. The minimum Gasteiger partial charge on any atom is -0.390 e. The van der Waals surface area contributed by atoms with Gasteiger partial charge in [-0.1, -0.05) is 39.5 Å². The lowest BCUT2D eigenvalue weighted by atomic mass is 9.89. The van der Waals surface area contributed by atoms with Gasteiger partial charge in [-0.3, -0.25) is 4.90 Å². The second kappa shape index (κ2) is 7.34. The van der Waals surface area contributed by atoms with Crippen LogP contribution in [0, 0.1) is 5.92 Å². The number of nitrogens with zero attached hydrogens (tertiary/aromatic N) is 1. The first-order chi connectivity index (χ1) is 8.07. The van der Waals surface area contributed by atoms with Crippen molar-refractivity contribution in [3.05, 3.63) is 0 Å². The van der Waals surface area contributed by atoms with Crippen molar-refractivity contribution in [2.24, 2.45) is 5.92 Å². The Labute approximate surface area is 106 Å². The first kappa shape index (κ1) is 14.9. The molecule has 0 spiro atoms. The number of rotatable bonds is 6. The summed E-state index contributed by atoms with van der Waals surface area (Å²) >= 11 is 0. The van der Waals surface area contributed by atoms with E-state index in [1.807, 2.05) is 13.8 Å². The van der Waals surface area contributed by atoms with E-state index >= 15 is 0 Å². The van der Waals surface area contributed by atoms with Crippen molar-refractivity contribution in [2.45, 2.75) is 71.1 Å². The number of aliphatic hydroxyl groups is 2. The second-order valence-electron chi connectivity index (χ2n) is 5.61. The van der Waals surface area contributed by atoms with Gasteiger partial charge in [0, 0.05) is 12.6 Å². The summed E-state index contributed by atoms with van der Waals surface area (Å²) in [6, 6.07) is 0.0902.